The number of hydrogen-bond donors (Lipinski definition) is 0. The van der Waals surface area contributed by atoms with Crippen LogP contribution >= 0.6 is 11.3 Å². The summed E-state index contributed by atoms with van der Waals surface area (Å²) in [4.78, 5) is 17.5. The lowest BCUT2D eigenvalue weighted by Crippen LogP contribution is -2.17. The Morgan fingerprint density at radius 2 is 2.08 bits per heavy atom. The van der Waals surface area contributed by atoms with Crippen molar-refractivity contribution < 1.29 is 9.53 Å². The van der Waals surface area contributed by atoms with E-state index < -0.39 is 0 Å². The number of carbonyl (C=O) groups excluding carboxylic acids is 1. The van der Waals surface area contributed by atoms with Crippen LogP contribution in [0, 0.1) is 19.3 Å². The summed E-state index contributed by atoms with van der Waals surface area (Å²) in [6.45, 7) is 2.39. The molecule has 3 aromatic rings. The molecule has 5 heteroatoms. The van der Waals surface area contributed by atoms with Crippen LogP contribution in [-0.2, 0) is 6.54 Å². The minimum Gasteiger partial charge on any atom is -0.496 e. The number of terminal acetylenes is 1. The van der Waals surface area contributed by atoms with Gasteiger partial charge >= 0.3 is 0 Å². The summed E-state index contributed by atoms with van der Waals surface area (Å²) in [5, 5.41) is 0. The minimum absolute atomic E-state index is 0.345. The van der Waals surface area contributed by atoms with E-state index in [9.17, 15) is 4.79 Å². The SMILES string of the molecule is C#CCn1c(=NC(=O)c2ccccc2OC)sc2cccc(C)c21. The lowest BCUT2D eigenvalue weighted by atomic mass is 10.2. The third kappa shape index (κ3) is 2.84. The van der Waals surface area contributed by atoms with Gasteiger partial charge in [0.15, 0.2) is 4.80 Å². The summed E-state index contributed by atoms with van der Waals surface area (Å²) in [6, 6.07) is 13.1. The molecular formula is C19H16N2O2S. The Labute approximate surface area is 144 Å². The van der Waals surface area contributed by atoms with E-state index in [0.29, 0.717) is 22.7 Å². The van der Waals surface area contributed by atoms with Gasteiger partial charge in [-0.15, -0.1) is 6.42 Å². The third-order valence-electron chi connectivity index (χ3n) is 3.69. The molecule has 0 aliphatic rings. The summed E-state index contributed by atoms with van der Waals surface area (Å²) >= 11 is 1.45. The van der Waals surface area contributed by atoms with Crippen molar-refractivity contribution in [3.8, 4) is 18.1 Å². The fourth-order valence-corrected chi connectivity index (χ4v) is 3.70. The zero-order valence-electron chi connectivity index (χ0n) is 13.4. The third-order valence-corrected chi connectivity index (χ3v) is 4.73. The number of benzene rings is 2. The summed E-state index contributed by atoms with van der Waals surface area (Å²) in [7, 11) is 1.54. The Kier molecular flexibility index (Phi) is 4.50. The maximum Gasteiger partial charge on any atom is 0.283 e. The second-order valence-electron chi connectivity index (χ2n) is 5.21. The van der Waals surface area contributed by atoms with Crippen molar-refractivity contribution in [3.05, 3.63) is 58.4 Å². The molecular weight excluding hydrogens is 320 g/mol. The quantitative estimate of drug-likeness (QED) is 0.688. The number of nitrogens with zero attached hydrogens (tertiary/aromatic N) is 2. The number of fused-ring (bicyclic) bond motifs is 1. The van der Waals surface area contributed by atoms with Gasteiger partial charge in [-0.3, -0.25) is 4.79 Å². The fraction of sp³-hybridized carbons (Fsp3) is 0.158. The monoisotopic (exact) mass is 336 g/mol. The van der Waals surface area contributed by atoms with E-state index in [1.165, 1.54) is 18.4 Å². The molecule has 4 nitrogen and oxygen atoms in total. The minimum atomic E-state index is -0.345. The molecule has 120 valence electrons. The lowest BCUT2D eigenvalue weighted by molar-refractivity contribution is 0.0995. The van der Waals surface area contributed by atoms with E-state index in [1.54, 1.807) is 18.2 Å². The van der Waals surface area contributed by atoms with Crippen molar-refractivity contribution in [2.75, 3.05) is 7.11 Å². The van der Waals surface area contributed by atoms with Crippen LogP contribution in [-0.4, -0.2) is 17.6 Å². The molecule has 0 unspecified atom stereocenters. The molecule has 1 aromatic heterocycles. The molecule has 0 spiro atoms. The van der Waals surface area contributed by atoms with Gasteiger partial charge < -0.3 is 9.30 Å². The zero-order chi connectivity index (χ0) is 17.1. The van der Waals surface area contributed by atoms with Gasteiger partial charge in [-0.2, -0.15) is 4.99 Å². The number of aromatic nitrogens is 1. The van der Waals surface area contributed by atoms with Crippen molar-refractivity contribution in [1.82, 2.24) is 4.57 Å². The van der Waals surface area contributed by atoms with Gasteiger partial charge in [-0.05, 0) is 30.7 Å². The summed E-state index contributed by atoms with van der Waals surface area (Å²) < 4.78 is 8.20. The van der Waals surface area contributed by atoms with Gasteiger partial charge in [0.25, 0.3) is 5.91 Å². The van der Waals surface area contributed by atoms with Crippen LogP contribution < -0.4 is 9.54 Å². The number of amides is 1. The number of methoxy groups -OCH3 is 1. The van der Waals surface area contributed by atoms with Crippen LogP contribution in [0.4, 0.5) is 0 Å². The first kappa shape index (κ1) is 16.0. The summed E-state index contributed by atoms with van der Waals surface area (Å²) in [5.74, 6) is 2.80. The standard InChI is InChI=1S/C19H16N2O2S/c1-4-12-21-17-13(2)8-7-11-16(17)24-19(21)20-18(22)14-9-5-6-10-15(14)23-3/h1,5-11H,12H2,2-3H3. The first-order chi connectivity index (χ1) is 11.7. The highest BCUT2D eigenvalue weighted by molar-refractivity contribution is 7.16. The normalized spacial score (nSPS) is 11.5. The first-order valence-electron chi connectivity index (χ1n) is 7.40. The highest BCUT2D eigenvalue weighted by atomic mass is 32.1. The summed E-state index contributed by atoms with van der Waals surface area (Å²) in [5.41, 5.74) is 2.55. The Morgan fingerprint density at radius 1 is 1.29 bits per heavy atom. The van der Waals surface area contributed by atoms with Crippen LogP contribution in [0.5, 0.6) is 5.75 Å². The van der Waals surface area contributed by atoms with Crippen LogP contribution in [0.3, 0.4) is 0 Å². The number of hydrogen-bond acceptors (Lipinski definition) is 3. The smallest absolute Gasteiger partial charge is 0.283 e. The van der Waals surface area contributed by atoms with E-state index in [-0.39, 0.29) is 5.91 Å². The molecule has 0 aliphatic carbocycles. The number of carbonyl (C=O) groups is 1. The van der Waals surface area contributed by atoms with Gasteiger partial charge in [-0.1, -0.05) is 41.5 Å². The van der Waals surface area contributed by atoms with Crippen LogP contribution in [0.2, 0.25) is 0 Å². The fourth-order valence-electron chi connectivity index (χ4n) is 2.60. The average Bonchev–Trinajstić information content (AvgIpc) is 2.94. The molecule has 0 N–H and O–H groups in total. The van der Waals surface area contributed by atoms with E-state index >= 15 is 0 Å². The molecule has 0 atom stereocenters. The van der Waals surface area contributed by atoms with Gasteiger partial charge in [0.2, 0.25) is 0 Å². The van der Waals surface area contributed by atoms with Gasteiger partial charge in [0.1, 0.15) is 5.75 Å². The van der Waals surface area contributed by atoms with Gasteiger partial charge in [0.05, 0.1) is 29.4 Å². The maximum absolute atomic E-state index is 12.6. The predicted molar refractivity (Wildman–Crippen MR) is 96.3 cm³/mol. The van der Waals surface area contributed by atoms with Crippen molar-refractivity contribution >= 4 is 27.5 Å². The average molecular weight is 336 g/mol. The molecule has 3 rings (SSSR count). The molecule has 0 saturated heterocycles. The summed E-state index contributed by atoms with van der Waals surface area (Å²) in [6.07, 6.45) is 5.50. The van der Waals surface area contributed by atoms with E-state index in [2.05, 4.69) is 10.9 Å². The van der Waals surface area contributed by atoms with Gasteiger partial charge in [0, 0.05) is 0 Å². The van der Waals surface area contributed by atoms with E-state index in [1.807, 2.05) is 35.8 Å². The number of aryl methyl sites for hydroxylation is 1. The molecule has 1 amide bonds. The number of para-hydroxylation sites is 2. The lowest BCUT2D eigenvalue weighted by Gasteiger charge is -2.04. The zero-order valence-corrected chi connectivity index (χ0v) is 14.3. The van der Waals surface area contributed by atoms with Crippen LogP contribution in [0.25, 0.3) is 10.2 Å². The molecule has 0 saturated carbocycles. The van der Waals surface area contributed by atoms with Gasteiger partial charge in [-0.25, -0.2) is 0 Å². The predicted octanol–water partition coefficient (Wildman–Crippen LogP) is 3.39. The second-order valence-corrected chi connectivity index (χ2v) is 6.22. The molecule has 0 fully saturated rings. The maximum atomic E-state index is 12.6. The molecule has 24 heavy (non-hydrogen) atoms. The highest BCUT2D eigenvalue weighted by Crippen LogP contribution is 2.22. The number of thiazole rings is 1. The first-order valence-corrected chi connectivity index (χ1v) is 8.22. The van der Waals surface area contributed by atoms with Crippen molar-refractivity contribution in [3.63, 3.8) is 0 Å². The Balaban J connectivity index is 2.20. The molecule has 2 aromatic carbocycles. The largest absolute Gasteiger partial charge is 0.496 e. The Morgan fingerprint density at radius 3 is 2.83 bits per heavy atom. The highest BCUT2D eigenvalue weighted by Gasteiger charge is 2.13. The molecule has 0 bridgehead atoms. The van der Waals surface area contributed by atoms with Crippen molar-refractivity contribution in [1.29, 1.82) is 0 Å². The Hall–Kier alpha value is -2.84. The molecule has 1 heterocycles. The number of rotatable bonds is 3. The van der Waals surface area contributed by atoms with E-state index in [0.717, 1.165) is 15.8 Å². The second kappa shape index (κ2) is 6.73. The van der Waals surface area contributed by atoms with Crippen LogP contribution in [0.1, 0.15) is 15.9 Å². The molecule has 0 aliphatic heterocycles. The van der Waals surface area contributed by atoms with Crippen LogP contribution in [0.15, 0.2) is 47.5 Å². The van der Waals surface area contributed by atoms with Crippen molar-refractivity contribution in [2.45, 2.75) is 13.5 Å². The van der Waals surface area contributed by atoms with E-state index in [4.69, 9.17) is 11.2 Å². The topological polar surface area (TPSA) is 43.6 Å². The van der Waals surface area contributed by atoms with Crippen molar-refractivity contribution in [2.24, 2.45) is 4.99 Å². The number of ether oxygens (including phenoxy) is 1. The molecule has 0 radical (unpaired) electrons. The Bertz CT molecular complexity index is 1020.